The van der Waals surface area contributed by atoms with Crippen LogP contribution in [-0.2, 0) is 9.59 Å². The standard InChI is InChI=1S/C12H11N3O4S/c16-10-7-20-12(14-10)15-13-5-8-2-1-3-9(4-8)19-6-11(17)18/h1-5H,6-7H2,(H,17,18)(H,14,15,16). The predicted molar refractivity (Wildman–Crippen MR) is 75.2 cm³/mol. The molecule has 0 bridgehead atoms. The Morgan fingerprint density at radius 3 is 3.10 bits per heavy atom. The monoisotopic (exact) mass is 293 g/mol. The van der Waals surface area contributed by atoms with E-state index in [9.17, 15) is 9.59 Å². The van der Waals surface area contributed by atoms with Crippen molar-refractivity contribution < 1.29 is 19.4 Å². The lowest BCUT2D eigenvalue weighted by atomic mass is 10.2. The van der Waals surface area contributed by atoms with E-state index in [4.69, 9.17) is 9.84 Å². The fourth-order valence-corrected chi connectivity index (χ4v) is 1.99. The molecule has 0 aromatic heterocycles. The van der Waals surface area contributed by atoms with Crippen LogP contribution in [0.4, 0.5) is 0 Å². The lowest BCUT2D eigenvalue weighted by Crippen LogP contribution is -2.19. The lowest BCUT2D eigenvalue weighted by molar-refractivity contribution is -0.139. The average molecular weight is 293 g/mol. The Hall–Kier alpha value is -2.35. The number of hydrogen-bond donors (Lipinski definition) is 2. The fourth-order valence-electron chi connectivity index (χ4n) is 1.36. The van der Waals surface area contributed by atoms with Gasteiger partial charge in [-0.05, 0) is 17.7 Å². The summed E-state index contributed by atoms with van der Waals surface area (Å²) in [6, 6.07) is 6.79. The summed E-state index contributed by atoms with van der Waals surface area (Å²) in [5, 5.41) is 19.2. The van der Waals surface area contributed by atoms with E-state index in [1.807, 2.05) is 0 Å². The molecule has 0 unspecified atom stereocenters. The number of ether oxygens (including phenoxy) is 1. The number of carboxylic acid groups (broad SMARTS) is 1. The predicted octanol–water partition coefficient (Wildman–Crippen LogP) is 0.703. The van der Waals surface area contributed by atoms with E-state index in [0.717, 1.165) is 0 Å². The van der Waals surface area contributed by atoms with Crippen LogP contribution < -0.4 is 10.1 Å². The van der Waals surface area contributed by atoms with Gasteiger partial charge in [0.25, 0.3) is 0 Å². The van der Waals surface area contributed by atoms with Gasteiger partial charge in [0.15, 0.2) is 11.8 Å². The van der Waals surface area contributed by atoms with Crippen LogP contribution in [0.5, 0.6) is 5.75 Å². The molecular formula is C12H11N3O4S. The normalized spacial score (nSPS) is 16.6. The molecule has 0 saturated carbocycles. The second-order valence-corrected chi connectivity index (χ2v) is 4.71. The van der Waals surface area contributed by atoms with Crippen LogP contribution in [0.25, 0.3) is 0 Å². The maximum Gasteiger partial charge on any atom is 0.341 e. The summed E-state index contributed by atoms with van der Waals surface area (Å²) < 4.78 is 5.04. The zero-order chi connectivity index (χ0) is 14.4. The third-order valence-corrected chi connectivity index (χ3v) is 3.03. The highest BCUT2D eigenvalue weighted by Gasteiger charge is 2.15. The van der Waals surface area contributed by atoms with E-state index in [1.54, 1.807) is 24.3 Å². The van der Waals surface area contributed by atoms with E-state index in [1.165, 1.54) is 18.0 Å². The Labute approximate surface area is 118 Å². The molecule has 1 aromatic rings. The summed E-state index contributed by atoms with van der Waals surface area (Å²) in [6.07, 6.45) is 1.49. The lowest BCUT2D eigenvalue weighted by Gasteiger charge is -2.02. The zero-order valence-electron chi connectivity index (χ0n) is 10.3. The molecular weight excluding hydrogens is 282 g/mol. The number of nitrogens with one attached hydrogen (secondary N) is 1. The Morgan fingerprint density at radius 1 is 1.55 bits per heavy atom. The topological polar surface area (TPSA) is 100 Å². The van der Waals surface area contributed by atoms with Gasteiger partial charge >= 0.3 is 5.97 Å². The number of aliphatic carboxylic acids is 1. The van der Waals surface area contributed by atoms with E-state index in [-0.39, 0.29) is 5.91 Å². The maximum atomic E-state index is 10.9. The second-order valence-electron chi connectivity index (χ2n) is 3.74. The molecule has 0 atom stereocenters. The highest BCUT2D eigenvalue weighted by molar-refractivity contribution is 8.15. The number of rotatable bonds is 5. The molecule has 2 rings (SSSR count). The first-order chi connectivity index (χ1) is 9.63. The number of carbonyl (C=O) groups is 2. The van der Waals surface area contributed by atoms with Crippen molar-refractivity contribution in [3.8, 4) is 5.75 Å². The Bertz CT molecular complexity index is 586. The molecule has 1 heterocycles. The quantitative estimate of drug-likeness (QED) is 0.615. The molecule has 0 spiro atoms. The molecule has 2 N–H and O–H groups in total. The molecule has 1 aliphatic heterocycles. The fraction of sp³-hybridized carbons (Fsp3) is 0.167. The van der Waals surface area contributed by atoms with Gasteiger partial charge in [0.1, 0.15) is 5.75 Å². The van der Waals surface area contributed by atoms with Crippen molar-refractivity contribution in [1.82, 2.24) is 5.32 Å². The van der Waals surface area contributed by atoms with Gasteiger partial charge in [-0.25, -0.2) is 4.79 Å². The summed E-state index contributed by atoms with van der Waals surface area (Å²) >= 11 is 1.29. The number of amides is 1. The first kappa shape index (κ1) is 14.1. The van der Waals surface area contributed by atoms with E-state index >= 15 is 0 Å². The van der Waals surface area contributed by atoms with E-state index in [0.29, 0.717) is 22.2 Å². The van der Waals surface area contributed by atoms with Crippen molar-refractivity contribution in [2.75, 3.05) is 12.4 Å². The first-order valence-electron chi connectivity index (χ1n) is 5.62. The summed E-state index contributed by atoms with van der Waals surface area (Å²) in [5.74, 6) is -0.336. The van der Waals surface area contributed by atoms with Gasteiger partial charge in [0.05, 0.1) is 12.0 Å². The smallest absolute Gasteiger partial charge is 0.341 e. The SMILES string of the molecule is O=C(O)COc1cccc(C=NN=C2NC(=O)CS2)c1. The van der Waals surface area contributed by atoms with Gasteiger partial charge in [0, 0.05) is 0 Å². The minimum atomic E-state index is -1.04. The van der Waals surface area contributed by atoms with Crippen LogP contribution in [0.2, 0.25) is 0 Å². The maximum absolute atomic E-state index is 10.9. The zero-order valence-corrected chi connectivity index (χ0v) is 11.1. The molecule has 0 radical (unpaired) electrons. The Balaban J connectivity index is 1.97. The van der Waals surface area contributed by atoms with Gasteiger partial charge in [-0.1, -0.05) is 23.9 Å². The van der Waals surface area contributed by atoms with Gasteiger partial charge in [0.2, 0.25) is 5.91 Å². The van der Waals surface area contributed by atoms with Crippen LogP contribution in [0.15, 0.2) is 34.5 Å². The molecule has 0 aliphatic carbocycles. The van der Waals surface area contributed by atoms with Crippen molar-refractivity contribution >= 4 is 35.0 Å². The van der Waals surface area contributed by atoms with Gasteiger partial charge in [-0.3, -0.25) is 4.79 Å². The van der Waals surface area contributed by atoms with Crippen LogP contribution in [0, 0.1) is 0 Å². The van der Waals surface area contributed by atoms with Crippen molar-refractivity contribution in [1.29, 1.82) is 0 Å². The largest absolute Gasteiger partial charge is 0.482 e. The van der Waals surface area contributed by atoms with Crippen LogP contribution in [-0.4, -0.2) is 40.7 Å². The van der Waals surface area contributed by atoms with E-state index in [2.05, 4.69) is 15.5 Å². The van der Waals surface area contributed by atoms with Crippen molar-refractivity contribution in [3.05, 3.63) is 29.8 Å². The van der Waals surface area contributed by atoms with E-state index < -0.39 is 12.6 Å². The third-order valence-electron chi connectivity index (χ3n) is 2.16. The molecule has 1 saturated heterocycles. The first-order valence-corrected chi connectivity index (χ1v) is 6.60. The highest BCUT2D eigenvalue weighted by Crippen LogP contribution is 2.12. The van der Waals surface area contributed by atoms with Crippen LogP contribution in [0.1, 0.15) is 5.56 Å². The summed E-state index contributed by atoms with van der Waals surface area (Å²) in [4.78, 5) is 21.3. The van der Waals surface area contributed by atoms with Crippen molar-refractivity contribution in [3.63, 3.8) is 0 Å². The number of carboxylic acids is 1. The molecule has 20 heavy (non-hydrogen) atoms. The van der Waals surface area contributed by atoms with Crippen LogP contribution >= 0.6 is 11.8 Å². The minimum Gasteiger partial charge on any atom is -0.482 e. The van der Waals surface area contributed by atoms with Gasteiger partial charge in [-0.2, -0.15) is 5.10 Å². The molecule has 1 amide bonds. The molecule has 1 aliphatic rings. The molecule has 1 fully saturated rings. The number of hydrogen-bond acceptors (Lipinski definition) is 6. The summed E-state index contributed by atoms with van der Waals surface area (Å²) in [6.45, 7) is -0.397. The van der Waals surface area contributed by atoms with Crippen LogP contribution in [0.3, 0.4) is 0 Å². The summed E-state index contributed by atoms with van der Waals surface area (Å²) in [5.41, 5.74) is 0.714. The number of carbonyl (C=O) groups excluding carboxylic acids is 1. The van der Waals surface area contributed by atoms with Gasteiger partial charge < -0.3 is 15.2 Å². The van der Waals surface area contributed by atoms with Gasteiger partial charge in [-0.15, -0.1) is 5.10 Å². The average Bonchev–Trinajstić information content (AvgIpc) is 2.83. The molecule has 104 valence electrons. The number of benzene rings is 1. The Morgan fingerprint density at radius 2 is 2.40 bits per heavy atom. The molecule has 8 heteroatoms. The number of amidine groups is 1. The minimum absolute atomic E-state index is 0.0898. The van der Waals surface area contributed by atoms with Crippen molar-refractivity contribution in [2.24, 2.45) is 10.2 Å². The number of thioether (sulfide) groups is 1. The second kappa shape index (κ2) is 6.71. The highest BCUT2D eigenvalue weighted by atomic mass is 32.2. The summed E-state index contributed by atoms with van der Waals surface area (Å²) in [7, 11) is 0. The Kier molecular flexibility index (Phi) is 4.72. The number of nitrogens with zero attached hydrogens (tertiary/aromatic N) is 2. The van der Waals surface area contributed by atoms with Crippen molar-refractivity contribution in [2.45, 2.75) is 0 Å². The molecule has 7 nitrogen and oxygen atoms in total. The third kappa shape index (κ3) is 4.39. The molecule has 1 aromatic carbocycles.